The normalized spacial score (nSPS) is 15.8. The Kier molecular flexibility index (Phi) is 4.06. The average molecular weight is 367 g/mol. The van der Waals surface area contributed by atoms with E-state index in [9.17, 15) is 0 Å². The lowest BCUT2D eigenvalue weighted by atomic mass is 10.3. The maximum absolute atomic E-state index is 4.68. The van der Waals surface area contributed by atoms with Gasteiger partial charge in [0.1, 0.15) is 0 Å². The molecule has 100 valence electrons. The lowest BCUT2D eigenvalue weighted by Crippen LogP contribution is -2.07. The van der Waals surface area contributed by atoms with Gasteiger partial charge in [0.2, 0.25) is 0 Å². The molecule has 19 heavy (non-hydrogen) atoms. The molecule has 0 spiro atoms. The Morgan fingerprint density at radius 1 is 1.16 bits per heavy atom. The van der Waals surface area contributed by atoms with Gasteiger partial charge in [0.05, 0.1) is 18.3 Å². The van der Waals surface area contributed by atoms with Crippen LogP contribution in [-0.4, -0.2) is 9.78 Å². The fourth-order valence-electron chi connectivity index (χ4n) is 2.60. The first kappa shape index (κ1) is 13.0. The standard InChI is InChI=1S/C15H18IN3/c16-12-5-7-13(8-6-12)17-11-14-9-10-19(18-14)15-3-1-2-4-15/h5-10,15,17H,1-4,11H2. The van der Waals surface area contributed by atoms with Crippen LogP contribution in [0.2, 0.25) is 0 Å². The molecule has 1 fully saturated rings. The Hall–Kier alpha value is -1.04. The van der Waals surface area contributed by atoms with E-state index in [1.807, 2.05) is 0 Å². The molecule has 1 aliphatic rings. The number of anilines is 1. The number of benzene rings is 1. The zero-order valence-corrected chi connectivity index (χ0v) is 13.0. The quantitative estimate of drug-likeness (QED) is 0.821. The molecule has 0 radical (unpaired) electrons. The maximum Gasteiger partial charge on any atom is 0.0815 e. The van der Waals surface area contributed by atoms with E-state index in [2.05, 4.69) is 74.2 Å². The number of hydrogen-bond donors (Lipinski definition) is 1. The number of nitrogens with zero attached hydrogens (tertiary/aromatic N) is 2. The molecule has 3 rings (SSSR count). The molecule has 4 heteroatoms. The third-order valence-corrected chi connectivity index (χ3v) is 4.40. The molecule has 1 aliphatic carbocycles. The second-order valence-electron chi connectivity index (χ2n) is 5.09. The van der Waals surface area contributed by atoms with E-state index in [1.165, 1.54) is 29.3 Å². The Morgan fingerprint density at radius 3 is 2.63 bits per heavy atom. The van der Waals surface area contributed by atoms with Crippen molar-refractivity contribution in [3.63, 3.8) is 0 Å². The van der Waals surface area contributed by atoms with E-state index < -0.39 is 0 Å². The number of halogens is 1. The first-order valence-corrected chi connectivity index (χ1v) is 7.92. The first-order chi connectivity index (χ1) is 9.31. The molecule has 0 amide bonds. The summed E-state index contributed by atoms with van der Waals surface area (Å²) in [5.74, 6) is 0. The lowest BCUT2D eigenvalue weighted by Gasteiger charge is -2.09. The van der Waals surface area contributed by atoms with E-state index in [4.69, 9.17) is 0 Å². The van der Waals surface area contributed by atoms with Gasteiger partial charge in [-0.2, -0.15) is 5.10 Å². The molecule has 1 aromatic carbocycles. The van der Waals surface area contributed by atoms with Gasteiger partial charge in [0.15, 0.2) is 0 Å². The van der Waals surface area contributed by atoms with Gasteiger partial charge >= 0.3 is 0 Å². The highest BCUT2D eigenvalue weighted by atomic mass is 127. The van der Waals surface area contributed by atoms with E-state index in [-0.39, 0.29) is 0 Å². The summed E-state index contributed by atoms with van der Waals surface area (Å²) in [5, 5.41) is 8.09. The predicted octanol–water partition coefficient (Wildman–Crippen LogP) is 4.21. The fraction of sp³-hybridized carbons (Fsp3) is 0.400. The van der Waals surface area contributed by atoms with Crippen LogP contribution in [0.25, 0.3) is 0 Å². The van der Waals surface area contributed by atoms with Crippen molar-refractivity contribution in [1.29, 1.82) is 0 Å². The third-order valence-electron chi connectivity index (χ3n) is 3.68. The topological polar surface area (TPSA) is 29.9 Å². The minimum absolute atomic E-state index is 0.632. The molecule has 3 nitrogen and oxygen atoms in total. The highest BCUT2D eigenvalue weighted by Crippen LogP contribution is 2.28. The Labute approximate surface area is 127 Å². The number of nitrogens with one attached hydrogen (secondary N) is 1. The lowest BCUT2D eigenvalue weighted by molar-refractivity contribution is 0.463. The summed E-state index contributed by atoms with van der Waals surface area (Å²) in [6.45, 7) is 0.792. The first-order valence-electron chi connectivity index (χ1n) is 6.85. The molecule has 0 unspecified atom stereocenters. The van der Waals surface area contributed by atoms with Crippen LogP contribution < -0.4 is 5.32 Å². The van der Waals surface area contributed by atoms with E-state index >= 15 is 0 Å². The van der Waals surface area contributed by atoms with Crippen LogP contribution in [-0.2, 0) is 6.54 Å². The highest BCUT2D eigenvalue weighted by Gasteiger charge is 2.17. The molecule has 1 aromatic heterocycles. The van der Waals surface area contributed by atoms with Crippen LogP contribution in [0.5, 0.6) is 0 Å². The van der Waals surface area contributed by atoms with Crippen LogP contribution in [0.15, 0.2) is 36.5 Å². The fourth-order valence-corrected chi connectivity index (χ4v) is 2.96. The van der Waals surface area contributed by atoms with Crippen molar-refractivity contribution in [2.45, 2.75) is 38.3 Å². The van der Waals surface area contributed by atoms with Crippen LogP contribution in [0.1, 0.15) is 37.4 Å². The summed E-state index contributed by atoms with van der Waals surface area (Å²) in [5.41, 5.74) is 2.27. The van der Waals surface area contributed by atoms with Crippen LogP contribution in [0.3, 0.4) is 0 Å². The van der Waals surface area contributed by atoms with Gasteiger partial charge in [-0.1, -0.05) is 12.8 Å². The van der Waals surface area contributed by atoms with Crippen LogP contribution >= 0.6 is 22.6 Å². The van der Waals surface area contributed by atoms with Crippen molar-refractivity contribution < 1.29 is 0 Å². The number of rotatable bonds is 4. The van der Waals surface area contributed by atoms with Crippen molar-refractivity contribution in [3.05, 3.63) is 45.8 Å². The monoisotopic (exact) mass is 367 g/mol. The second-order valence-corrected chi connectivity index (χ2v) is 6.33. The molecule has 2 aromatic rings. The Bertz CT molecular complexity index is 527. The van der Waals surface area contributed by atoms with Gasteiger partial charge in [-0.25, -0.2) is 0 Å². The van der Waals surface area contributed by atoms with Crippen LogP contribution in [0, 0.1) is 3.57 Å². The van der Waals surface area contributed by atoms with Crippen molar-refractivity contribution in [3.8, 4) is 0 Å². The van der Waals surface area contributed by atoms with Gasteiger partial charge in [-0.15, -0.1) is 0 Å². The molecular weight excluding hydrogens is 349 g/mol. The van der Waals surface area contributed by atoms with Gasteiger partial charge < -0.3 is 5.32 Å². The second kappa shape index (κ2) is 5.94. The number of aromatic nitrogens is 2. The average Bonchev–Trinajstić information content (AvgIpc) is 3.09. The molecular formula is C15H18IN3. The van der Waals surface area contributed by atoms with Gasteiger partial charge in [-0.05, 0) is 65.8 Å². The van der Waals surface area contributed by atoms with Crippen molar-refractivity contribution in [2.24, 2.45) is 0 Å². The van der Waals surface area contributed by atoms with E-state index in [0.29, 0.717) is 6.04 Å². The summed E-state index contributed by atoms with van der Waals surface area (Å²) < 4.78 is 3.41. The van der Waals surface area contributed by atoms with E-state index in [0.717, 1.165) is 17.9 Å². The molecule has 1 N–H and O–H groups in total. The zero-order chi connectivity index (χ0) is 13.1. The minimum Gasteiger partial charge on any atom is -0.379 e. The van der Waals surface area contributed by atoms with Crippen molar-refractivity contribution >= 4 is 28.3 Å². The van der Waals surface area contributed by atoms with Crippen LogP contribution in [0.4, 0.5) is 5.69 Å². The molecule has 0 saturated heterocycles. The largest absolute Gasteiger partial charge is 0.379 e. The van der Waals surface area contributed by atoms with Gasteiger partial charge in [0.25, 0.3) is 0 Å². The summed E-state index contributed by atoms with van der Waals surface area (Å²) in [6.07, 6.45) is 7.39. The van der Waals surface area contributed by atoms with E-state index in [1.54, 1.807) is 0 Å². The number of hydrogen-bond acceptors (Lipinski definition) is 2. The zero-order valence-electron chi connectivity index (χ0n) is 10.8. The molecule has 0 bridgehead atoms. The summed E-state index contributed by atoms with van der Waals surface area (Å²) in [7, 11) is 0. The van der Waals surface area contributed by atoms with Gasteiger partial charge in [-0.3, -0.25) is 4.68 Å². The molecule has 1 saturated carbocycles. The van der Waals surface area contributed by atoms with Gasteiger partial charge in [0, 0.05) is 15.5 Å². The smallest absolute Gasteiger partial charge is 0.0815 e. The predicted molar refractivity (Wildman–Crippen MR) is 86.2 cm³/mol. The van der Waals surface area contributed by atoms with Crippen molar-refractivity contribution in [1.82, 2.24) is 9.78 Å². The molecule has 1 heterocycles. The summed E-state index contributed by atoms with van der Waals surface area (Å²) in [6, 6.07) is 11.2. The molecule has 0 aliphatic heterocycles. The summed E-state index contributed by atoms with van der Waals surface area (Å²) in [4.78, 5) is 0. The highest BCUT2D eigenvalue weighted by molar-refractivity contribution is 14.1. The minimum atomic E-state index is 0.632. The SMILES string of the molecule is Ic1ccc(NCc2ccn(C3CCCC3)n2)cc1. The third kappa shape index (κ3) is 3.29. The Morgan fingerprint density at radius 2 is 1.89 bits per heavy atom. The Balaban J connectivity index is 1.59. The molecule has 0 atom stereocenters. The van der Waals surface area contributed by atoms with Crippen molar-refractivity contribution in [2.75, 3.05) is 5.32 Å². The summed E-state index contributed by atoms with van der Waals surface area (Å²) >= 11 is 2.32. The maximum atomic E-state index is 4.68.